The van der Waals surface area contributed by atoms with Crippen LogP contribution in [0.4, 0.5) is 0 Å². The Labute approximate surface area is 99.5 Å². The van der Waals surface area contributed by atoms with Gasteiger partial charge in [-0.15, -0.1) is 0 Å². The lowest BCUT2D eigenvalue weighted by Gasteiger charge is -2.33. The van der Waals surface area contributed by atoms with Gasteiger partial charge in [-0.2, -0.15) is 0 Å². The van der Waals surface area contributed by atoms with Gasteiger partial charge in [-0.3, -0.25) is 0 Å². The van der Waals surface area contributed by atoms with E-state index in [2.05, 4.69) is 24.2 Å². The molecule has 2 aliphatic rings. The first-order valence-corrected chi connectivity index (χ1v) is 6.80. The average molecular weight is 226 g/mol. The van der Waals surface area contributed by atoms with Crippen LogP contribution >= 0.6 is 0 Å². The van der Waals surface area contributed by atoms with E-state index in [1.165, 1.54) is 38.9 Å². The van der Waals surface area contributed by atoms with E-state index in [0.29, 0.717) is 12.0 Å². The Hall–Kier alpha value is -0.120. The Morgan fingerprint density at radius 1 is 1.25 bits per heavy atom. The molecule has 0 aromatic rings. The van der Waals surface area contributed by atoms with Crippen LogP contribution in [0.25, 0.3) is 0 Å². The minimum absolute atomic E-state index is 0.573. The third-order valence-corrected chi connectivity index (χ3v) is 4.35. The summed E-state index contributed by atoms with van der Waals surface area (Å²) in [5, 5.41) is 3.37. The maximum absolute atomic E-state index is 5.56. The van der Waals surface area contributed by atoms with Crippen LogP contribution in [0.3, 0.4) is 0 Å². The molecule has 0 spiro atoms. The molecule has 0 saturated carbocycles. The number of rotatable bonds is 4. The van der Waals surface area contributed by atoms with E-state index in [9.17, 15) is 0 Å². The number of likely N-dealkylation sites (N-methyl/N-ethyl adjacent to an activating group) is 1. The van der Waals surface area contributed by atoms with Gasteiger partial charge in [0.05, 0.1) is 13.2 Å². The Balaban J connectivity index is 1.73. The quantitative estimate of drug-likeness (QED) is 0.783. The molecule has 0 aromatic heterocycles. The van der Waals surface area contributed by atoms with Gasteiger partial charge in [-0.1, -0.05) is 13.3 Å². The topological polar surface area (TPSA) is 24.5 Å². The summed E-state index contributed by atoms with van der Waals surface area (Å²) in [7, 11) is 2.05. The van der Waals surface area contributed by atoms with E-state index in [-0.39, 0.29) is 0 Å². The normalized spacial score (nSPS) is 33.4. The highest BCUT2D eigenvalue weighted by atomic mass is 16.5. The average Bonchev–Trinajstić information content (AvgIpc) is 2.77. The molecule has 16 heavy (non-hydrogen) atoms. The minimum Gasteiger partial charge on any atom is -0.379 e. The summed E-state index contributed by atoms with van der Waals surface area (Å²) in [5.41, 5.74) is 0. The Morgan fingerprint density at radius 2 is 2.00 bits per heavy atom. The van der Waals surface area contributed by atoms with Crippen LogP contribution in [0.2, 0.25) is 0 Å². The molecule has 2 unspecified atom stereocenters. The zero-order valence-corrected chi connectivity index (χ0v) is 10.7. The second-order valence-corrected chi connectivity index (χ2v) is 5.34. The summed E-state index contributed by atoms with van der Waals surface area (Å²) in [6.07, 6.45) is 4.15. The van der Waals surface area contributed by atoms with E-state index < -0.39 is 0 Å². The van der Waals surface area contributed by atoms with Crippen molar-refractivity contribution < 1.29 is 4.74 Å². The Kier molecular flexibility index (Phi) is 4.62. The van der Waals surface area contributed by atoms with Crippen LogP contribution in [0.5, 0.6) is 0 Å². The summed E-state index contributed by atoms with van der Waals surface area (Å²) in [6, 6.07) is 0.573. The van der Waals surface area contributed by atoms with Gasteiger partial charge < -0.3 is 15.0 Å². The molecule has 0 aliphatic carbocycles. The standard InChI is InChI=1S/C13H26N2O/c1-3-11-4-6-15(7-5-11)8-12-9-16-10-13(12)14-2/h11-14H,3-10H2,1-2H3. The second kappa shape index (κ2) is 5.99. The summed E-state index contributed by atoms with van der Waals surface area (Å²) in [6.45, 7) is 7.98. The van der Waals surface area contributed by atoms with Crippen LogP contribution in [0.15, 0.2) is 0 Å². The predicted octanol–water partition coefficient (Wildman–Crippen LogP) is 1.34. The van der Waals surface area contributed by atoms with Gasteiger partial charge in [0.15, 0.2) is 0 Å². The summed E-state index contributed by atoms with van der Waals surface area (Å²) in [4.78, 5) is 2.63. The van der Waals surface area contributed by atoms with Crippen molar-refractivity contribution in [3.05, 3.63) is 0 Å². The van der Waals surface area contributed by atoms with E-state index in [4.69, 9.17) is 4.74 Å². The molecule has 3 heteroatoms. The first-order chi connectivity index (χ1) is 7.83. The molecule has 2 rings (SSSR count). The molecule has 2 saturated heterocycles. The molecule has 2 aliphatic heterocycles. The predicted molar refractivity (Wildman–Crippen MR) is 66.6 cm³/mol. The van der Waals surface area contributed by atoms with Gasteiger partial charge in [-0.25, -0.2) is 0 Å². The number of hydrogen-bond donors (Lipinski definition) is 1. The maximum Gasteiger partial charge on any atom is 0.0623 e. The van der Waals surface area contributed by atoms with Crippen LogP contribution in [-0.4, -0.2) is 50.8 Å². The molecule has 1 N–H and O–H groups in total. The van der Waals surface area contributed by atoms with Crippen molar-refractivity contribution in [1.29, 1.82) is 0 Å². The number of nitrogens with zero attached hydrogens (tertiary/aromatic N) is 1. The van der Waals surface area contributed by atoms with Gasteiger partial charge in [-0.05, 0) is 38.9 Å². The number of nitrogens with one attached hydrogen (secondary N) is 1. The summed E-state index contributed by atoms with van der Waals surface area (Å²) < 4.78 is 5.56. The van der Waals surface area contributed by atoms with E-state index >= 15 is 0 Å². The Bertz CT molecular complexity index is 202. The summed E-state index contributed by atoms with van der Waals surface area (Å²) in [5.74, 6) is 1.68. The first kappa shape index (κ1) is 12.3. The highest BCUT2D eigenvalue weighted by Gasteiger charge is 2.29. The lowest BCUT2D eigenvalue weighted by atomic mass is 9.93. The van der Waals surface area contributed by atoms with Crippen molar-refractivity contribution in [3.63, 3.8) is 0 Å². The summed E-state index contributed by atoms with van der Waals surface area (Å²) >= 11 is 0. The van der Waals surface area contributed by atoms with Crippen LogP contribution in [0.1, 0.15) is 26.2 Å². The molecule has 3 nitrogen and oxygen atoms in total. The zero-order valence-electron chi connectivity index (χ0n) is 10.7. The molecule has 2 atom stereocenters. The van der Waals surface area contributed by atoms with E-state index in [1.807, 2.05) is 0 Å². The van der Waals surface area contributed by atoms with E-state index in [1.54, 1.807) is 0 Å². The monoisotopic (exact) mass is 226 g/mol. The maximum atomic E-state index is 5.56. The molecule has 0 radical (unpaired) electrons. The number of hydrogen-bond acceptors (Lipinski definition) is 3. The minimum atomic E-state index is 0.573. The van der Waals surface area contributed by atoms with Gasteiger partial charge in [0.2, 0.25) is 0 Å². The van der Waals surface area contributed by atoms with Gasteiger partial charge in [0, 0.05) is 18.5 Å². The van der Waals surface area contributed by atoms with Crippen LogP contribution < -0.4 is 5.32 Å². The molecule has 0 aromatic carbocycles. The van der Waals surface area contributed by atoms with Crippen LogP contribution in [0, 0.1) is 11.8 Å². The Morgan fingerprint density at radius 3 is 2.62 bits per heavy atom. The lowest BCUT2D eigenvalue weighted by Crippen LogP contribution is -2.43. The molecular weight excluding hydrogens is 200 g/mol. The SMILES string of the molecule is CCC1CCN(CC2COCC2NC)CC1. The fourth-order valence-corrected chi connectivity index (χ4v) is 3.01. The van der Waals surface area contributed by atoms with Gasteiger partial charge in [0.25, 0.3) is 0 Å². The molecular formula is C13H26N2O. The fraction of sp³-hybridized carbons (Fsp3) is 1.00. The molecule has 0 amide bonds. The lowest BCUT2D eigenvalue weighted by molar-refractivity contribution is 0.139. The third kappa shape index (κ3) is 2.96. The van der Waals surface area contributed by atoms with E-state index in [0.717, 1.165) is 19.1 Å². The van der Waals surface area contributed by atoms with Crippen molar-refractivity contribution in [2.75, 3.05) is 39.9 Å². The molecule has 2 heterocycles. The molecule has 94 valence electrons. The molecule has 2 fully saturated rings. The second-order valence-electron chi connectivity index (χ2n) is 5.34. The van der Waals surface area contributed by atoms with Gasteiger partial charge >= 0.3 is 0 Å². The number of piperidine rings is 1. The van der Waals surface area contributed by atoms with Crippen molar-refractivity contribution in [3.8, 4) is 0 Å². The zero-order chi connectivity index (χ0) is 11.4. The van der Waals surface area contributed by atoms with Crippen molar-refractivity contribution in [1.82, 2.24) is 10.2 Å². The van der Waals surface area contributed by atoms with Crippen molar-refractivity contribution >= 4 is 0 Å². The first-order valence-electron chi connectivity index (χ1n) is 6.80. The fourth-order valence-electron chi connectivity index (χ4n) is 3.01. The van der Waals surface area contributed by atoms with Crippen LogP contribution in [-0.2, 0) is 4.74 Å². The van der Waals surface area contributed by atoms with Crippen molar-refractivity contribution in [2.45, 2.75) is 32.2 Å². The number of ether oxygens (including phenoxy) is 1. The highest BCUT2D eigenvalue weighted by Crippen LogP contribution is 2.22. The van der Waals surface area contributed by atoms with Gasteiger partial charge in [0.1, 0.15) is 0 Å². The largest absolute Gasteiger partial charge is 0.379 e. The number of likely N-dealkylation sites (tertiary alicyclic amines) is 1. The highest BCUT2D eigenvalue weighted by molar-refractivity contribution is 4.84. The molecule has 0 bridgehead atoms. The van der Waals surface area contributed by atoms with Crippen molar-refractivity contribution in [2.24, 2.45) is 11.8 Å². The smallest absolute Gasteiger partial charge is 0.0623 e. The third-order valence-electron chi connectivity index (χ3n) is 4.35.